The van der Waals surface area contributed by atoms with Gasteiger partial charge in [0.05, 0.1) is 32.2 Å². The summed E-state index contributed by atoms with van der Waals surface area (Å²) in [5, 5.41) is 4.86. The SMILES string of the molecule is COc1cccc(CN2CCC[C@H](c3nc4ccc(N5CCOCC5)cn4n3)C2)c1. The van der Waals surface area contributed by atoms with E-state index in [4.69, 9.17) is 19.6 Å². The summed E-state index contributed by atoms with van der Waals surface area (Å²) in [5.41, 5.74) is 3.39. The lowest BCUT2D eigenvalue weighted by molar-refractivity contribution is 0.122. The van der Waals surface area contributed by atoms with Crippen LogP contribution in [0.1, 0.15) is 30.1 Å². The first-order chi connectivity index (χ1) is 14.8. The van der Waals surface area contributed by atoms with Crippen molar-refractivity contribution in [3.05, 3.63) is 54.0 Å². The molecule has 0 saturated carbocycles. The average Bonchev–Trinajstić information content (AvgIpc) is 3.23. The Morgan fingerprint density at radius 2 is 2.03 bits per heavy atom. The number of aromatic nitrogens is 3. The molecule has 0 unspecified atom stereocenters. The number of pyridine rings is 1. The van der Waals surface area contributed by atoms with E-state index in [-0.39, 0.29) is 0 Å². The van der Waals surface area contributed by atoms with Crippen LogP contribution in [0.25, 0.3) is 5.65 Å². The summed E-state index contributed by atoms with van der Waals surface area (Å²) in [6, 6.07) is 12.6. The van der Waals surface area contributed by atoms with Crippen LogP contribution in [0, 0.1) is 0 Å². The van der Waals surface area contributed by atoms with E-state index in [2.05, 4.69) is 46.3 Å². The third kappa shape index (κ3) is 4.13. The fourth-order valence-electron chi connectivity index (χ4n) is 4.51. The van der Waals surface area contributed by atoms with Crippen LogP contribution in [-0.4, -0.2) is 66.0 Å². The Morgan fingerprint density at radius 1 is 1.13 bits per heavy atom. The van der Waals surface area contributed by atoms with Crippen LogP contribution in [0.3, 0.4) is 0 Å². The minimum absolute atomic E-state index is 0.371. The van der Waals surface area contributed by atoms with Crippen molar-refractivity contribution in [3.63, 3.8) is 0 Å². The smallest absolute Gasteiger partial charge is 0.156 e. The molecular weight excluding hydrogens is 378 g/mol. The summed E-state index contributed by atoms with van der Waals surface area (Å²) in [7, 11) is 1.72. The van der Waals surface area contributed by atoms with Crippen molar-refractivity contribution in [1.29, 1.82) is 0 Å². The monoisotopic (exact) mass is 407 g/mol. The lowest BCUT2D eigenvalue weighted by Gasteiger charge is -2.31. The number of ether oxygens (including phenoxy) is 2. The zero-order chi connectivity index (χ0) is 20.3. The fourth-order valence-corrected chi connectivity index (χ4v) is 4.51. The Labute approximate surface area is 177 Å². The number of morpholine rings is 1. The Kier molecular flexibility index (Phi) is 5.55. The van der Waals surface area contributed by atoms with E-state index in [0.717, 1.165) is 69.6 Å². The second-order valence-corrected chi connectivity index (χ2v) is 8.19. The van der Waals surface area contributed by atoms with E-state index in [0.29, 0.717) is 5.92 Å². The molecule has 1 atom stereocenters. The first-order valence-corrected chi connectivity index (χ1v) is 10.8. The molecule has 158 valence electrons. The maximum atomic E-state index is 5.47. The van der Waals surface area contributed by atoms with Gasteiger partial charge in [-0.2, -0.15) is 5.10 Å². The van der Waals surface area contributed by atoms with Gasteiger partial charge >= 0.3 is 0 Å². The number of methoxy groups -OCH3 is 1. The third-order valence-electron chi connectivity index (χ3n) is 6.12. The van der Waals surface area contributed by atoms with Gasteiger partial charge in [0.2, 0.25) is 0 Å². The zero-order valence-electron chi connectivity index (χ0n) is 17.5. The highest BCUT2D eigenvalue weighted by atomic mass is 16.5. The van der Waals surface area contributed by atoms with Crippen molar-refractivity contribution in [3.8, 4) is 5.75 Å². The average molecular weight is 408 g/mol. The van der Waals surface area contributed by atoms with Crippen molar-refractivity contribution >= 4 is 11.3 Å². The molecule has 0 radical (unpaired) electrons. The molecule has 0 spiro atoms. The van der Waals surface area contributed by atoms with Gasteiger partial charge in [0, 0.05) is 32.1 Å². The van der Waals surface area contributed by atoms with Crippen molar-refractivity contribution < 1.29 is 9.47 Å². The van der Waals surface area contributed by atoms with Crippen molar-refractivity contribution in [2.75, 3.05) is 51.4 Å². The lowest BCUT2D eigenvalue weighted by atomic mass is 9.97. The van der Waals surface area contributed by atoms with Gasteiger partial charge in [0.15, 0.2) is 11.5 Å². The topological polar surface area (TPSA) is 55.1 Å². The van der Waals surface area contributed by atoms with Crippen LogP contribution in [0.4, 0.5) is 5.69 Å². The molecule has 2 aromatic heterocycles. The molecule has 2 aliphatic heterocycles. The molecule has 0 bridgehead atoms. The maximum absolute atomic E-state index is 5.47. The largest absolute Gasteiger partial charge is 0.497 e. The van der Waals surface area contributed by atoms with Crippen LogP contribution in [-0.2, 0) is 11.3 Å². The Balaban J connectivity index is 1.30. The van der Waals surface area contributed by atoms with Crippen LogP contribution >= 0.6 is 0 Å². The normalized spacial score (nSPS) is 20.6. The molecule has 1 aromatic carbocycles. The Hall–Kier alpha value is -2.64. The highest BCUT2D eigenvalue weighted by molar-refractivity contribution is 5.51. The molecule has 30 heavy (non-hydrogen) atoms. The number of fused-ring (bicyclic) bond motifs is 1. The minimum Gasteiger partial charge on any atom is -0.497 e. The predicted octanol–water partition coefficient (Wildman–Crippen LogP) is 2.95. The van der Waals surface area contributed by atoms with Crippen LogP contribution in [0.5, 0.6) is 5.75 Å². The molecule has 7 heteroatoms. The number of hydrogen-bond acceptors (Lipinski definition) is 6. The van der Waals surface area contributed by atoms with Crippen LogP contribution in [0.2, 0.25) is 0 Å². The first kappa shape index (κ1) is 19.3. The van der Waals surface area contributed by atoms with E-state index >= 15 is 0 Å². The summed E-state index contributed by atoms with van der Waals surface area (Å²) in [5.74, 6) is 2.25. The van der Waals surface area contributed by atoms with Gasteiger partial charge < -0.3 is 14.4 Å². The van der Waals surface area contributed by atoms with Crippen molar-refractivity contribution in [2.45, 2.75) is 25.3 Å². The van der Waals surface area contributed by atoms with Crippen molar-refractivity contribution in [2.24, 2.45) is 0 Å². The fraction of sp³-hybridized carbons (Fsp3) is 0.478. The standard InChI is InChI=1S/C23H29N5O2/c1-29-21-6-2-4-18(14-21)15-26-9-3-5-19(16-26)23-24-22-8-7-20(17-28(22)25-23)27-10-12-30-13-11-27/h2,4,6-8,14,17,19H,3,5,9-13,15-16H2,1H3/t19-/m0/s1. The van der Waals surface area contributed by atoms with Gasteiger partial charge in [-0.25, -0.2) is 9.50 Å². The number of rotatable bonds is 5. The zero-order valence-corrected chi connectivity index (χ0v) is 17.5. The molecule has 4 heterocycles. The summed E-state index contributed by atoms with van der Waals surface area (Å²) in [6.07, 6.45) is 4.42. The molecule has 0 N–H and O–H groups in total. The van der Waals surface area contributed by atoms with Gasteiger partial charge in [-0.3, -0.25) is 4.90 Å². The minimum atomic E-state index is 0.371. The highest BCUT2D eigenvalue weighted by Gasteiger charge is 2.25. The van der Waals surface area contributed by atoms with E-state index in [1.807, 2.05) is 10.6 Å². The quantitative estimate of drug-likeness (QED) is 0.648. The predicted molar refractivity (Wildman–Crippen MR) is 116 cm³/mol. The molecule has 2 aliphatic rings. The van der Waals surface area contributed by atoms with E-state index in [9.17, 15) is 0 Å². The van der Waals surface area contributed by atoms with E-state index in [1.165, 1.54) is 17.7 Å². The Morgan fingerprint density at radius 3 is 2.90 bits per heavy atom. The molecule has 7 nitrogen and oxygen atoms in total. The van der Waals surface area contributed by atoms with Gasteiger partial charge in [0.25, 0.3) is 0 Å². The second kappa shape index (κ2) is 8.62. The van der Waals surface area contributed by atoms with E-state index < -0.39 is 0 Å². The summed E-state index contributed by atoms with van der Waals surface area (Å²) < 4.78 is 12.8. The van der Waals surface area contributed by atoms with Gasteiger partial charge in [-0.15, -0.1) is 0 Å². The van der Waals surface area contributed by atoms with Gasteiger partial charge in [-0.05, 0) is 49.2 Å². The number of benzene rings is 1. The molecule has 5 rings (SSSR count). The Bertz CT molecular complexity index is 998. The molecule has 0 aliphatic carbocycles. The summed E-state index contributed by atoms with van der Waals surface area (Å²) in [4.78, 5) is 9.71. The van der Waals surface area contributed by atoms with Crippen molar-refractivity contribution in [1.82, 2.24) is 19.5 Å². The lowest BCUT2D eigenvalue weighted by Crippen LogP contribution is -2.36. The van der Waals surface area contributed by atoms with Gasteiger partial charge in [0.1, 0.15) is 5.75 Å². The number of hydrogen-bond donors (Lipinski definition) is 0. The summed E-state index contributed by atoms with van der Waals surface area (Å²) in [6.45, 7) is 6.45. The number of likely N-dealkylation sites (tertiary alicyclic amines) is 1. The first-order valence-electron chi connectivity index (χ1n) is 10.8. The summed E-state index contributed by atoms with van der Waals surface area (Å²) >= 11 is 0. The molecule has 2 saturated heterocycles. The number of piperidine rings is 1. The number of nitrogens with zero attached hydrogens (tertiary/aromatic N) is 5. The number of anilines is 1. The third-order valence-corrected chi connectivity index (χ3v) is 6.12. The van der Waals surface area contributed by atoms with Crippen LogP contribution < -0.4 is 9.64 Å². The van der Waals surface area contributed by atoms with Gasteiger partial charge in [-0.1, -0.05) is 12.1 Å². The molecule has 2 fully saturated rings. The maximum Gasteiger partial charge on any atom is 0.156 e. The highest BCUT2D eigenvalue weighted by Crippen LogP contribution is 2.27. The second-order valence-electron chi connectivity index (χ2n) is 8.19. The molecular formula is C23H29N5O2. The van der Waals surface area contributed by atoms with Crippen LogP contribution in [0.15, 0.2) is 42.6 Å². The molecule has 0 amide bonds. The molecule has 3 aromatic rings. The van der Waals surface area contributed by atoms with E-state index in [1.54, 1.807) is 7.11 Å².